The average Bonchev–Trinajstić information content (AvgIpc) is 2.15. The summed E-state index contributed by atoms with van der Waals surface area (Å²) in [6.45, 7) is 8.37. The zero-order valence-corrected chi connectivity index (χ0v) is 10.3. The van der Waals surface area contributed by atoms with Gasteiger partial charge in [-0.25, -0.2) is 0 Å². The van der Waals surface area contributed by atoms with Crippen LogP contribution in [0.15, 0.2) is 12.1 Å². The van der Waals surface area contributed by atoms with E-state index in [0.29, 0.717) is 5.92 Å². The maximum Gasteiger partial charge on any atom is 0.122 e. The summed E-state index contributed by atoms with van der Waals surface area (Å²) >= 11 is 0. The van der Waals surface area contributed by atoms with Crippen LogP contribution in [0.1, 0.15) is 36.5 Å². The Hall–Kier alpha value is -1.02. The minimum absolute atomic E-state index is 0.139. The van der Waals surface area contributed by atoms with E-state index in [2.05, 4.69) is 32.9 Å². The van der Waals surface area contributed by atoms with Crippen LogP contribution in [0.25, 0.3) is 0 Å². The summed E-state index contributed by atoms with van der Waals surface area (Å²) in [5.41, 5.74) is 9.66. The smallest absolute Gasteiger partial charge is 0.122 e. The summed E-state index contributed by atoms with van der Waals surface area (Å²) in [5, 5.41) is 0. The van der Waals surface area contributed by atoms with Gasteiger partial charge in [-0.05, 0) is 43.9 Å². The second-order valence-corrected chi connectivity index (χ2v) is 4.35. The van der Waals surface area contributed by atoms with Crippen molar-refractivity contribution in [2.45, 2.75) is 39.7 Å². The maximum absolute atomic E-state index is 5.94. The third-order valence-electron chi connectivity index (χ3n) is 2.96. The highest BCUT2D eigenvalue weighted by molar-refractivity contribution is 5.45. The topological polar surface area (TPSA) is 35.2 Å². The molecule has 0 spiro atoms. The van der Waals surface area contributed by atoms with Gasteiger partial charge in [-0.15, -0.1) is 0 Å². The van der Waals surface area contributed by atoms with Gasteiger partial charge in [0.1, 0.15) is 5.75 Å². The van der Waals surface area contributed by atoms with E-state index < -0.39 is 0 Å². The molecule has 0 aliphatic rings. The van der Waals surface area contributed by atoms with Crippen LogP contribution in [0.2, 0.25) is 0 Å². The molecule has 15 heavy (non-hydrogen) atoms. The van der Waals surface area contributed by atoms with Gasteiger partial charge in [0.25, 0.3) is 0 Å². The molecule has 1 aromatic rings. The first-order valence-electron chi connectivity index (χ1n) is 5.38. The highest BCUT2D eigenvalue weighted by Gasteiger charge is 2.17. The minimum atomic E-state index is 0.139. The molecule has 0 amide bonds. The third kappa shape index (κ3) is 2.51. The van der Waals surface area contributed by atoms with Crippen molar-refractivity contribution in [1.82, 2.24) is 0 Å². The van der Waals surface area contributed by atoms with E-state index >= 15 is 0 Å². The number of hydrogen-bond acceptors (Lipinski definition) is 2. The number of benzene rings is 1. The molecular formula is C13H21NO. The van der Waals surface area contributed by atoms with Crippen molar-refractivity contribution >= 4 is 0 Å². The van der Waals surface area contributed by atoms with Crippen LogP contribution >= 0.6 is 0 Å². The van der Waals surface area contributed by atoms with Crippen molar-refractivity contribution in [2.75, 3.05) is 7.11 Å². The highest BCUT2D eigenvalue weighted by atomic mass is 16.5. The summed E-state index contributed by atoms with van der Waals surface area (Å²) < 4.78 is 5.42. The Labute approximate surface area is 92.4 Å². The highest BCUT2D eigenvalue weighted by Crippen LogP contribution is 2.32. The van der Waals surface area contributed by atoms with Crippen LogP contribution in [0.4, 0.5) is 0 Å². The number of hydrogen-bond donors (Lipinski definition) is 1. The van der Waals surface area contributed by atoms with Crippen molar-refractivity contribution in [2.24, 2.45) is 5.73 Å². The molecule has 0 bridgehead atoms. The van der Waals surface area contributed by atoms with Crippen molar-refractivity contribution in [1.29, 1.82) is 0 Å². The van der Waals surface area contributed by atoms with Gasteiger partial charge in [0.2, 0.25) is 0 Å². The van der Waals surface area contributed by atoms with Crippen molar-refractivity contribution in [3.63, 3.8) is 0 Å². The Bertz CT molecular complexity index is 345. The van der Waals surface area contributed by atoms with E-state index in [1.165, 1.54) is 16.7 Å². The first kappa shape index (κ1) is 12.1. The molecule has 0 radical (unpaired) electrons. The summed E-state index contributed by atoms with van der Waals surface area (Å²) in [5.74, 6) is 1.28. The Morgan fingerprint density at radius 2 is 1.80 bits per heavy atom. The lowest BCUT2D eigenvalue weighted by atomic mass is 9.89. The molecule has 2 N–H and O–H groups in total. The van der Waals surface area contributed by atoms with Gasteiger partial charge in [0.15, 0.2) is 0 Å². The number of rotatable bonds is 3. The summed E-state index contributed by atoms with van der Waals surface area (Å²) in [7, 11) is 1.71. The van der Waals surface area contributed by atoms with Gasteiger partial charge in [0.05, 0.1) is 7.11 Å². The van der Waals surface area contributed by atoms with Gasteiger partial charge in [0, 0.05) is 11.6 Å². The van der Waals surface area contributed by atoms with E-state index in [-0.39, 0.29) is 6.04 Å². The molecule has 0 fully saturated rings. The monoisotopic (exact) mass is 207 g/mol. The maximum atomic E-state index is 5.94. The fourth-order valence-electron chi connectivity index (χ4n) is 1.96. The largest absolute Gasteiger partial charge is 0.496 e. The Morgan fingerprint density at radius 3 is 2.27 bits per heavy atom. The van der Waals surface area contributed by atoms with Crippen molar-refractivity contribution in [3.05, 3.63) is 28.8 Å². The molecule has 0 aliphatic heterocycles. The molecule has 1 rings (SSSR count). The number of aryl methyl sites for hydroxylation is 2. The van der Waals surface area contributed by atoms with Crippen molar-refractivity contribution < 1.29 is 4.74 Å². The molecular weight excluding hydrogens is 186 g/mol. The van der Waals surface area contributed by atoms with E-state index in [0.717, 1.165) is 5.75 Å². The fourth-order valence-corrected chi connectivity index (χ4v) is 1.96. The lowest BCUT2D eigenvalue weighted by molar-refractivity contribution is 0.402. The van der Waals surface area contributed by atoms with Crippen LogP contribution < -0.4 is 10.5 Å². The number of nitrogens with two attached hydrogens (primary N) is 1. The zero-order chi connectivity index (χ0) is 11.6. The summed E-state index contributed by atoms with van der Waals surface area (Å²) in [6.07, 6.45) is 0. The Morgan fingerprint density at radius 1 is 1.20 bits per heavy atom. The van der Waals surface area contributed by atoms with Crippen molar-refractivity contribution in [3.8, 4) is 5.75 Å². The van der Waals surface area contributed by atoms with E-state index in [1.54, 1.807) is 7.11 Å². The molecule has 2 nitrogen and oxygen atoms in total. The summed E-state index contributed by atoms with van der Waals surface area (Å²) in [6, 6.07) is 4.39. The van der Waals surface area contributed by atoms with E-state index in [1.807, 2.05) is 6.92 Å². The molecule has 0 saturated carbocycles. The average molecular weight is 207 g/mol. The molecule has 0 aromatic heterocycles. The summed E-state index contributed by atoms with van der Waals surface area (Å²) in [4.78, 5) is 0. The predicted octanol–water partition coefficient (Wildman–Crippen LogP) is 2.76. The lowest BCUT2D eigenvalue weighted by Crippen LogP contribution is -2.23. The van der Waals surface area contributed by atoms with Gasteiger partial charge in [-0.2, -0.15) is 0 Å². The molecule has 84 valence electrons. The quantitative estimate of drug-likeness (QED) is 0.827. The van der Waals surface area contributed by atoms with Crippen LogP contribution in [0.5, 0.6) is 5.75 Å². The van der Waals surface area contributed by atoms with Gasteiger partial charge in [-0.1, -0.05) is 13.0 Å². The molecule has 2 atom stereocenters. The Balaban J connectivity index is 3.26. The number of ether oxygens (including phenoxy) is 1. The van der Waals surface area contributed by atoms with Crippen LogP contribution in [0, 0.1) is 13.8 Å². The first-order valence-corrected chi connectivity index (χ1v) is 5.38. The lowest BCUT2D eigenvalue weighted by Gasteiger charge is -2.21. The molecule has 0 saturated heterocycles. The fraction of sp³-hybridized carbons (Fsp3) is 0.538. The molecule has 0 heterocycles. The van der Waals surface area contributed by atoms with Crippen LogP contribution in [-0.4, -0.2) is 13.2 Å². The standard InChI is InChI=1S/C13H21NO/c1-8-6-9(2)13(10(3)11(4)14)12(7-8)15-5/h6-7,10-11H,14H2,1-5H3. The normalized spacial score (nSPS) is 14.8. The molecule has 2 unspecified atom stereocenters. The molecule has 0 aliphatic carbocycles. The minimum Gasteiger partial charge on any atom is -0.496 e. The number of methoxy groups -OCH3 is 1. The molecule has 1 aromatic carbocycles. The third-order valence-corrected chi connectivity index (χ3v) is 2.96. The second kappa shape index (κ2) is 4.67. The van der Waals surface area contributed by atoms with Gasteiger partial charge < -0.3 is 10.5 Å². The van der Waals surface area contributed by atoms with E-state index in [4.69, 9.17) is 10.5 Å². The van der Waals surface area contributed by atoms with Gasteiger partial charge in [-0.3, -0.25) is 0 Å². The SMILES string of the molecule is COc1cc(C)cc(C)c1C(C)C(C)N. The molecule has 2 heteroatoms. The van der Waals surface area contributed by atoms with Crippen LogP contribution in [0.3, 0.4) is 0 Å². The van der Waals surface area contributed by atoms with Gasteiger partial charge >= 0.3 is 0 Å². The predicted molar refractivity (Wildman–Crippen MR) is 64.5 cm³/mol. The Kier molecular flexibility index (Phi) is 3.75. The second-order valence-electron chi connectivity index (χ2n) is 4.35. The zero-order valence-electron chi connectivity index (χ0n) is 10.3. The van der Waals surface area contributed by atoms with Crippen LogP contribution in [-0.2, 0) is 0 Å². The van der Waals surface area contributed by atoms with E-state index in [9.17, 15) is 0 Å². The first-order chi connectivity index (χ1) is 6.97.